The van der Waals surface area contributed by atoms with Crippen LogP contribution in [0.15, 0.2) is 102 Å². The molecule has 30 heavy (non-hydrogen) atoms. The van der Waals surface area contributed by atoms with Gasteiger partial charge < -0.3 is 9.73 Å². The van der Waals surface area contributed by atoms with Gasteiger partial charge in [0.15, 0.2) is 5.58 Å². The summed E-state index contributed by atoms with van der Waals surface area (Å²) in [6.45, 7) is 0. The Hall–Kier alpha value is -4.25. The Balaban J connectivity index is 1.35. The van der Waals surface area contributed by atoms with Crippen LogP contribution in [0.4, 0.5) is 5.69 Å². The van der Waals surface area contributed by atoms with Gasteiger partial charge >= 0.3 is 0 Å². The predicted molar refractivity (Wildman–Crippen MR) is 117 cm³/mol. The molecule has 5 aromatic rings. The number of hydrogen-bond donors (Lipinski definition) is 1. The second-order valence-corrected chi connectivity index (χ2v) is 6.81. The van der Waals surface area contributed by atoms with Crippen molar-refractivity contribution < 1.29 is 9.21 Å². The molecule has 5 nitrogen and oxygen atoms in total. The lowest BCUT2D eigenvalue weighted by atomic mass is 10.1. The van der Waals surface area contributed by atoms with Crippen molar-refractivity contribution in [3.05, 3.63) is 103 Å². The summed E-state index contributed by atoms with van der Waals surface area (Å²) in [6.07, 6.45) is 1.75. The van der Waals surface area contributed by atoms with Crippen molar-refractivity contribution in [2.24, 2.45) is 0 Å². The number of oxazole rings is 1. The lowest BCUT2D eigenvalue weighted by molar-refractivity contribution is 0.102. The summed E-state index contributed by atoms with van der Waals surface area (Å²) in [5, 5.41) is 2.92. The summed E-state index contributed by atoms with van der Waals surface area (Å²) in [5.74, 6) is 0.368. The predicted octanol–water partition coefficient (Wildman–Crippen LogP) is 5.81. The van der Waals surface area contributed by atoms with Gasteiger partial charge in [0.25, 0.3) is 5.91 Å². The molecular weight excluding hydrogens is 374 g/mol. The molecule has 1 amide bonds. The highest BCUT2D eigenvalue weighted by molar-refractivity contribution is 6.05. The van der Waals surface area contributed by atoms with Crippen molar-refractivity contribution in [1.29, 1.82) is 0 Å². The zero-order valence-electron chi connectivity index (χ0n) is 15.9. The average Bonchev–Trinajstić information content (AvgIpc) is 3.24. The Morgan fingerprint density at radius 1 is 0.800 bits per heavy atom. The van der Waals surface area contributed by atoms with Gasteiger partial charge in [-0.15, -0.1) is 0 Å². The molecule has 2 heterocycles. The third-order valence-corrected chi connectivity index (χ3v) is 4.77. The van der Waals surface area contributed by atoms with Crippen LogP contribution in [0.2, 0.25) is 0 Å². The van der Waals surface area contributed by atoms with E-state index >= 15 is 0 Å². The minimum Gasteiger partial charge on any atom is -0.436 e. The Kier molecular flexibility index (Phi) is 4.54. The molecule has 2 aromatic heterocycles. The van der Waals surface area contributed by atoms with Gasteiger partial charge in [-0.1, -0.05) is 36.4 Å². The zero-order chi connectivity index (χ0) is 20.3. The third-order valence-electron chi connectivity index (χ3n) is 4.77. The summed E-state index contributed by atoms with van der Waals surface area (Å²) in [6, 6.07) is 28.3. The smallest absolute Gasteiger partial charge is 0.255 e. The van der Waals surface area contributed by atoms with Gasteiger partial charge in [0.1, 0.15) is 5.52 Å². The van der Waals surface area contributed by atoms with Gasteiger partial charge in [0.2, 0.25) is 5.89 Å². The molecular formula is C25H17N3O2. The first-order valence-corrected chi connectivity index (χ1v) is 9.55. The number of fused-ring (bicyclic) bond motifs is 1. The molecule has 0 aliphatic rings. The summed E-state index contributed by atoms with van der Waals surface area (Å²) in [4.78, 5) is 21.5. The lowest BCUT2D eigenvalue weighted by Crippen LogP contribution is -2.11. The Labute approximate surface area is 173 Å². The number of hydrogen-bond acceptors (Lipinski definition) is 4. The summed E-state index contributed by atoms with van der Waals surface area (Å²) < 4.78 is 5.82. The standard InChI is InChI=1S/C25H17N3O2/c29-24(18-11-9-17(10-12-18)21-8-4-5-15-26-21)27-20-13-14-23-22(16-20)28-25(30-23)19-6-2-1-3-7-19/h1-16H,(H,27,29). The van der Waals surface area contributed by atoms with Crippen molar-refractivity contribution in [3.8, 4) is 22.7 Å². The number of nitrogens with one attached hydrogen (secondary N) is 1. The second kappa shape index (κ2) is 7.64. The molecule has 0 saturated carbocycles. The molecule has 0 radical (unpaired) electrons. The molecule has 0 unspecified atom stereocenters. The molecule has 0 spiro atoms. The molecule has 144 valence electrons. The number of carbonyl (C=O) groups is 1. The van der Waals surface area contributed by atoms with E-state index in [4.69, 9.17) is 4.42 Å². The maximum atomic E-state index is 12.7. The van der Waals surface area contributed by atoms with Crippen LogP contribution in [0.3, 0.4) is 0 Å². The van der Waals surface area contributed by atoms with Gasteiger partial charge in [0, 0.05) is 28.6 Å². The van der Waals surface area contributed by atoms with Gasteiger partial charge in [-0.05, 0) is 54.6 Å². The molecule has 0 aliphatic heterocycles. The topological polar surface area (TPSA) is 68.0 Å². The fraction of sp³-hybridized carbons (Fsp3) is 0. The van der Waals surface area contributed by atoms with Crippen LogP contribution in [-0.2, 0) is 0 Å². The van der Waals surface area contributed by atoms with Crippen molar-refractivity contribution in [3.63, 3.8) is 0 Å². The highest BCUT2D eigenvalue weighted by Gasteiger charge is 2.11. The fourth-order valence-electron chi connectivity index (χ4n) is 3.24. The van der Waals surface area contributed by atoms with E-state index in [1.165, 1.54) is 0 Å². The van der Waals surface area contributed by atoms with Gasteiger partial charge in [-0.2, -0.15) is 0 Å². The molecule has 0 bridgehead atoms. The van der Waals surface area contributed by atoms with Gasteiger partial charge in [-0.3, -0.25) is 9.78 Å². The molecule has 0 aliphatic carbocycles. The number of rotatable bonds is 4. The molecule has 5 rings (SSSR count). The van der Waals surface area contributed by atoms with Crippen molar-refractivity contribution >= 4 is 22.7 Å². The van der Waals surface area contributed by atoms with Crippen LogP contribution in [0.25, 0.3) is 33.8 Å². The highest BCUT2D eigenvalue weighted by Crippen LogP contribution is 2.26. The maximum Gasteiger partial charge on any atom is 0.255 e. The monoisotopic (exact) mass is 391 g/mol. The Bertz CT molecular complexity index is 1310. The number of amides is 1. The maximum absolute atomic E-state index is 12.7. The van der Waals surface area contributed by atoms with E-state index < -0.39 is 0 Å². The van der Waals surface area contributed by atoms with Crippen molar-refractivity contribution in [1.82, 2.24) is 9.97 Å². The first kappa shape index (κ1) is 17.8. The number of anilines is 1. The van der Waals surface area contributed by atoms with E-state index in [9.17, 15) is 4.79 Å². The van der Waals surface area contributed by atoms with E-state index in [1.807, 2.05) is 78.9 Å². The molecule has 0 atom stereocenters. The fourth-order valence-corrected chi connectivity index (χ4v) is 3.24. The van der Waals surface area contributed by atoms with Crippen LogP contribution in [0.1, 0.15) is 10.4 Å². The van der Waals surface area contributed by atoms with Gasteiger partial charge in [-0.25, -0.2) is 4.98 Å². The van der Waals surface area contributed by atoms with E-state index in [-0.39, 0.29) is 5.91 Å². The minimum absolute atomic E-state index is 0.186. The van der Waals surface area contributed by atoms with Gasteiger partial charge in [0.05, 0.1) is 5.69 Å². The first-order valence-electron chi connectivity index (χ1n) is 9.55. The molecule has 1 N–H and O–H groups in total. The SMILES string of the molecule is O=C(Nc1ccc2oc(-c3ccccc3)nc2c1)c1ccc(-c2ccccn2)cc1. The summed E-state index contributed by atoms with van der Waals surface area (Å²) in [5.41, 5.74) is 5.34. The molecule has 0 fully saturated rings. The summed E-state index contributed by atoms with van der Waals surface area (Å²) >= 11 is 0. The largest absolute Gasteiger partial charge is 0.436 e. The van der Waals surface area contributed by atoms with E-state index in [0.29, 0.717) is 28.2 Å². The van der Waals surface area contributed by atoms with E-state index in [0.717, 1.165) is 16.8 Å². The minimum atomic E-state index is -0.186. The number of carbonyl (C=O) groups excluding carboxylic acids is 1. The van der Waals surface area contributed by atoms with Crippen LogP contribution in [0.5, 0.6) is 0 Å². The summed E-state index contributed by atoms with van der Waals surface area (Å²) in [7, 11) is 0. The lowest BCUT2D eigenvalue weighted by Gasteiger charge is -2.06. The number of aromatic nitrogens is 2. The van der Waals surface area contributed by atoms with Crippen LogP contribution in [-0.4, -0.2) is 15.9 Å². The molecule has 5 heteroatoms. The Morgan fingerprint density at radius 3 is 2.37 bits per heavy atom. The number of pyridine rings is 1. The quantitative estimate of drug-likeness (QED) is 0.420. The van der Waals surface area contributed by atoms with E-state index in [1.54, 1.807) is 18.3 Å². The number of nitrogens with zero attached hydrogens (tertiary/aromatic N) is 2. The molecule has 3 aromatic carbocycles. The van der Waals surface area contributed by atoms with E-state index in [2.05, 4.69) is 15.3 Å². The van der Waals surface area contributed by atoms with Crippen LogP contribution < -0.4 is 5.32 Å². The van der Waals surface area contributed by atoms with Crippen LogP contribution >= 0.6 is 0 Å². The first-order chi connectivity index (χ1) is 14.8. The average molecular weight is 391 g/mol. The highest BCUT2D eigenvalue weighted by atomic mass is 16.3. The number of benzene rings is 3. The van der Waals surface area contributed by atoms with Crippen molar-refractivity contribution in [2.75, 3.05) is 5.32 Å². The third kappa shape index (κ3) is 3.56. The Morgan fingerprint density at radius 2 is 1.60 bits per heavy atom. The van der Waals surface area contributed by atoms with Crippen LogP contribution in [0, 0.1) is 0 Å². The molecule has 0 saturated heterocycles. The zero-order valence-corrected chi connectivity index (χ0v) is 15.9. The van der Waals surface area contributed by atoms with Crippen molar-refractivity contribution in [2.45, 2.75) is 0 Å². The normalized spacial score (nSPS) is 10.8. The second-order valence-electron chi connectivity index (χ2n) is 6.81.